The number of piperazine rings is 1. The van der Waals surface area contributed by atoms with Gasteiger partial charge in [0.05, 0.1) is 6.42 Å². The third-order valence-electron chi connectivity index (χ3n) is 4.95. The molecule has 2 heterocycles. The number of hydrogen-bond acceptors (Lipinski definition) is 5. The third-order valence-corrected chi connectivity index (χ3v) is 4.95. The quantitative estimate of drug-likeness (QED) is 0.854. The second-order valence-electron chi connectivity index (χ2n) is 6.89. The fourth-order valence-corrected chi connectivity index (χ4v) is 3.45. The molecule has 0 saturated carbocycles. The number of benzene rings is 2. The van der Waals surface area contributed by atoms with Gasteiger partial charge in [-0.1, -0.05) is 36.4 Å². The van der Waals surface area contributed by atoms with Gasteiger partial charge in [-0.25, -0.2) is 4.99 Å². The van der Waals surface area contributed by atoms with Crippen molar-refractivity contribution in [3.05, 3.63) is 60.7 Å². The van der Waals surface area contributed by atoms with Gasteiger partial charge < -0.3 is 15.1 Å². The molecule has 1 saturated heterocycles. The lowest BCUT2D eigenvalue weighted by molar-refractivity contribution is -0.125. The Hall–Kier alpha value is -3.35. The van der Waals surface area contributed by atoms with Crippen molar-refractivity contribution in [2.45, 2.75) is 12.5 Å². The van der Waals surface area contributed by atoms with Crippen LogP contribution in [0.3, 0.4) is 0 Å². The summed E-state index contributed by atoms with van der Waals surface area (Å²) in [5, 5.41) is 5.66. The van der Waals surface area contributed by atoms with Crippen LogP contribution in [0.25, 0.3) is 0 Å². The van der Waals surface area contributed by atoms with Crippen molar-refractivity contribution in [1.82, 2.24) is 10.2 Å². The van der Waals surface area contributed by atoms with Crippen LogP contribution in [0.5, 0.6) is 0 Å². The Bertz CT molecular complexity index is 861. The van der Waals surface area contributed by atoms with Crippen molar-refractivity contribution in [3.63, 3.8) is 0 Å². The lowest BCUT2D eigenvalue weighted by Gasteiger charge is -2.38. The van der Waals surface area contributed by atoms with Crippen molar-refractivity contribution in [2.24, 2.45) is 4.99 Å². The molecule has 2 aliphatic heterocycles. The van der Waals surface area contributed by atoms with Crippen molar-refractivity contribution < 1.29 is 9.59 Å². The summed E-state index contributed by atoms with van der Waals surface area (Å²) in [6, 6.07) is 18.8. The highest BCUT2D eigenvalue weighted by Crippen LogP contribution is 2.17. The summed E-state index contributed by atoms with van der Waals surface area (Å²) < 4.78 is 0. The average Bonchev–Trinajstić information content (AvgIpc) is 2.75. The first-order valence-corrected chi connectivity index (χ1v) is 9.47. The van der Waals surface area contributed by atoms with Crippen molar-refractivity contribution >= 4 is 29.1 Å². The molecule has 2 aliphatic rings. The number of nitrogens with zero attached hydrogens (tertiary/aromatic N) is 3. The van der Waals surface area contributed by atoms with E-state index in [4.69, 9.17) is 0 Å². The predicted molar refractivity (Wildman–Crippen MR) is 109 cm³/mol. The summed E-state index contributed by atoms with van der Waals surface area (Å²) in [7, 11) is 0. The zero-order valence-electron chi connectivity index (χ0n) is 15.5. The van der Waals surface area contributed by atoms with E-state index in [0.29, 0.717) is 11.6 Å². The Kier molecular flexibility index (Phi) is 5.23. The number of hydrogen-bond donors (Lipinski definition) is 2. The molecule has 28 heavy (non-hydrogen) atoms. The van der Waals surface area contributed by atoms with Crippen molar-refractivity contribution in [3.8, 4) is 0 Å². The SMILES string of the molecule is O=C1CC(C(=O)Nc2ccccc2)N=C(N2CCN(c3ccccc3)CC2)N1. The van der Waals surface area contributed by atoms with Crippen LogP contribution in [0, 0.1) is 0 Å². The summed E-state index contributed by atoms with van der Waals surface area (Å²) in [6.45, 7) is 3.14. The van der Waals surface area contributed by atoms with Crippen LogP contribution < -0.4 is 15.5 Å². The molecule has 144 valence electrons. The number of carbonyl (C=O) groups is 2. The molecule has 0 aliphatic carbocycles. The minimum absolute atomic E-state index is 0.0617. The number of guanidine groups is 1. The topological polar surface area (TPSA) is 77.0 Å². The summed E-state index contributed by atoms with van der Waals surface area (Å²) >= 11 is 0. The molecule has 1 atom stereocenters. The molecule has 0 spiro atoms. The van der Waals surface area contributed by atoms with E-state index in [9.17, 15) is 9.59 Å². The van der Waals surface area contributed by atoms with E-state index in [1.54, 1.807) is 0 Å². The Labute approximate surface area is 164 Å². The van der Waals surface area contributed by atoms with Gasteiger partial charge in [0.2, 0.25) is 17.8 Å². The van der Waals surface area contributed by atoms with Crippen LogP contribution >= 0.6 is 0 Å². The fourth-order valence-electron chi connectivity index (χ4n) is 3.45. The number of para-hydroxylation sites is 2. The molecule has 2 amide bonds. The number of aliphatic imine (C=N–C) groups is 1. The minimum atomic E-state index is -0.712. The molecule has 1 unspecified atom stereocenters. The van der Waals surface area contributed by atoms with E-state index in [2.05, 4.69) is 32.7 Å². The average molecular weight is 377 g/mol. The lowest BCUT2D eigenvalue weighted by atomic mass is 10.1. The number of rotatable bonds is 3. The maximum atomic E-state index is 12.6. The fraction of sp³-hybridized carbons (Fsp3) is 0.286. The van der Waals surface area contributed by atoms with E-state index in [0.717, 1.165) is 26.2 Å². The second-order valence-corrected chi connectivity index (χ2v) is 6.89. The van der Waals surface area contributed by atoms with E-state index >= 15 is 0 Å². The first-order chi connectivity index (χ1) is 13.7. The molecule has 0 bridgehead atoms. The first-order valence-electron chi connectivity index (χ1n) is 9.47. The van der Waals surface area contributed by atoms with E-state index in [1.165, 1.54) is 5.69 Å². The van der Waals surface area contributed by atoms with Crippen LogP contribution in [0.15, 0.2) is 65.7 Å². The molecule has 2 N–H and O–H groups in total. The first kappa shape index (κ1) is 18.0. The Morgan fingerprint density at radius 2 is 1.54 bits per heavy atom. The van der Waals surface area contributed by atoms with Crippen molar-refractivity contribution in [2.75, 3.05) is 36.4 Å². The molecule has 4 rings (SSSR count). The zero-order chi connectivity index (χ0) is 19.3. The van der Waals surface area contributed by atoms with Crippen LogP contribution in [-0.2, 0) is 9.59 Å². The third kappa shape index (κ3) is 4.14. The number of amides is 2. The Balaban J connectivity index is 1.41. The van der Waals surface area contributed by atoms with Gasteiger partial charge in [-0.2, -0.15) is 0 Å². The number of anilines is 2. The zero-order valence-corrected chi connectivity index (χ0v) is 15.5. The van der Waals surface area contributed by atoms with Gasteiger partial charge in [0.1, 0.15) is 6.04 Å². The standard InChI is InChI=1S/C21H23N5O2/c27-19-15-18(20(28)22-16-7-3-1-4-8-16)23-21(24-19)26-13-11-25(12-14-26)17-9-5-2-6-10-17/h1-10,18H,11-15H2,(H,22,28)(H,23,24,27). The number of nitrogens with one attached hydrogen (secondary N) is 2. The minimum Gasteiger partial charge on any atom is -0.368 e. The van der Waals surface area contributed by atoms with Gasteiger partial charge >= 0.3 is 0 Å². The number of carbonyl (C=O) groups excluding carboxylic acids is 2. The summed E-state index contributed by atoms with van der Waals surface area (Å²) in [5.41, 5.74) is 1.89. The molecule has 2 aromatic carbocycles. The molecule has 7 nitrogen and oxygen atoms in total. The lowest BCUT2D eigenvalue weighted by Crippen LogP contribution is -2.56. The molecule has 7 heteroatoms. The van der Waals surface area contributed by atoms with Crippen LogP contribution in [-0.4, -0.2) is 54.9 Å². The molecule has 2 aromatic rings. The Morgan fingerprint density at radius 1 is 0.929 bits per heavy atom. The highest BCUT2D eigenvalue weighted by atomic mass is 16.2. The molecular formula is C21H23N5O2. The highest BCUT2D eigenvalue weighted by molar-refractivity contribution is 6.06. The maximum Gasteiger partial charge on any atom is 0.249 e. The van der Waals surface area contributed by atoms with Crippen LogP contribution in [0.1, 0.15) is 6.42 Å². The van der Waals surface area contributed by atoms with E-state index < -0.39 is 6.04 Å². The second kappa shape index (κ2) is 8.12. The molecular weight excluding hydrogens is 354 g/mol. The summed E-state index contributed by atoms with van der Waals surface area (Å²) in [5.74, 6) is 0.0577. The van der Waals surface area contributed by atoms with E-state index in [1.807, 2.05) is 53.4 Å². The molecule has 0 radical (unpaired) electrons. The molecule has 0 aromatic heterocycles. The highest BCUT2D eigenvalue weighted by Gasteiger charge is 2.30. The Morgan fingerprint density at radius 3 is 2.21 bits per heavy atom. The normalized spacial score (nSPS) is 19.6. The van der Waals surface area contributed by atoms with Gasteiger partial charge in [0.25, 0.3) is 0 Å². The van der Waals surface area contributed by atoms with Crippen LogP contribution in [0.2, 0.25) is 0 Å². The van der Waals surface area contributed by atoms with Gasteiger partial charge in [0, 0.05) is 37.6 Å². The van der Waals surface area contributed by atoms with Gasteiger partial charge in [-0.3, -0.25) is 14.9 Å². The monoisotopic (exact) mass is 377 g/mol. The van der Waals surface area contributed by atoms with Gasteiger partial charge in [-0.15, -0.1) is 0 Å². The maximum absolute atomic E-state index is 12.6. The molecule has 1 fully saturated rings. The van der Waals surface area contributed by atoms with Gasteiger partial charge in [-0.05, 0) is 24.3 Å². The smallest absolute Gasteiger partial charge is 0.249 e. The predicted octanol–water partition coefficient (Wildman–Crippen LogP) is 1.69. The van der Waals surface area contributed by atoms with Crippen LogP contribution in [0.4, 0.5) is 11.4 Å². The summed E-state index contributed by atoms with van der Waals surface area (Å²) in [4.78, 5) is 33.6. The van der Waals surface area contributed by atoms with E-state index in [-0.39, 0.29) is 18.2 Å². The summed E-state index contributed by atoms with van der Waals surface area (Å²) in [6.07, 6.45) is 0.0617. The van der Waals surface area contributed by atoms with Crippen molar-refractivity contribution in [1.29, 1.82) is 0 Å². The van der Waals surface area contributed by atoms with Gasteiger partial charge in [0.15, 0.2) is 0 Å². The largest absolute Gasteiger partial charge is 0.368 e.